The first-order valence-electron chi connectivity index (χ1n) is 11.2. The number of aliphatic hydroxyl groups excluding tert-OH is 1. The van der Waals surface area contributed by atoms with Crippen LogP contribution in [0.5, 0.6) is 0 Å². The highest BCUT2D eigenvalue weighted by atomic mass is 28.4. The van der Waals surface area contributed by atoms with E-state index in [0.717, 1.165) is 50.2 Å². The van der Waals surface area contributed by atoms with Crippen molar-refractivity contribution >= 4 is 8.32 Å². The molecule has 2 fully saturated rings. The normalized spacial score (nSPS) is 33.5. The first kappa shape index (κ1) is 23.1. The molecule has 0 amide bonds. The van der Waals surface area contributed by atoms with Gasteiger partial charge < -0.3 is 19.4 Å². The molecule has 1 aliphatic carbocycles. The van der Waals surface area contributed by atoms with Gasteiger partial charge in [-0.2, -0.15) is 0 Å². The quantitative estimate of drug-likeness (QED) is 0.292. The molecule has 27 heavy (non-hydrogen) atoms. The summed E-state index contributed by atoms with van der Waals surface area (Å²) in [5.41, 5.74) is -0.773. The third kappa shape index (κ3) is 5.89. The molecule has 1 aliphatic heterocycles. The zero-order valence-corrected chi connectivity index (χ0v) is 19.1. The van der Waals surface area contributed by atoms with Crippen molar-refractivity contribution in [3.05, 3.63) is 12.2 Å². The number of ether oxygens (including phenoxy) is 1. The summed E-state index contributed by atoms with van der Waals surface area (Å²) in [5, 5.41) is 20.7. The van der Waals surface area contributed by atoms with Gasteiger partial charge >= 0.3 is 0 Å². The maximum Gasteiger partial charge on any atom is 0.192 e. The fraction of sp³-hybridized carbons (Fsp3) is 0.909. The van der Waals surface area contributed by atoms with Crippen molar-refractivity contribution in [2.24, 2.45) is 11.8 Å². The van der Waals surface area contributed by atoms with Crippen LogP contribution < -0.4 is 0 Å². The Morgan fingerprint density at radius 2 is 1.78 bits per heavy atom. The van der Waals surface area contributed by atoms with Crippen LogP contribution in [0, 0.1) is 11.8 Å². The average Bonchev–Trinajstić information content (AvgIpc) is 3.13. The molecule has 0 spiro atoms. The molecule has 2 N–H and O–H groups in total. The van der Waals surface area contributed by atoms with Crippen LogP contribution in [0.25, 0.3) is 0 Å². The Bertz CT molecular complexity index is 467. The van der Waals surface area contributed by atoms with Crippen molar-refractivity contribution in [1.82, 2.24) is 0 Å². The summed E-state index contributed by atoms with van der Waals surface area (Å²) in [7, 11) is -1.70. The predicted octanol–water partition coefficient (Wildman–Crippen LogP) is 5.01. The Morgan fingerprint density at radius 1 is 1.11 bits per heavy atom. The lowest BCUT2D eigenvalue weighted by Gasteiger charge is -2.34. The highest BCUT2D eigenvalue weighted by Crippen LogP contribution is 2.46. The van der Waals surface area contributed by atoms with E-state index in [0.29, 0.717) is 12.3 Å². The highest BCUT2D eigenvalue weighted by Gasteiger charge is 2.50. The zero-order valence-electron chi connectivity index (χ0n) is 18.1. The lowest BCUT2D eigenvalue weighted by Crippen LogP contribution is -2.41. The van der Waals surface area contributed by atoms with Crippen LogP contribution in [-0.4, -0.2) is 42.6 Å². The van der Waals surface area contributed by atoms with E-state index in [-0.39, 0.29) is 18.1 Å². The van der Waals surface area contributed by atoms with Crippen LogP contribution in [0.4, 0.5) is 0 Å². The van der Waals surface area contributed by atoms with Crippen LogP contribution in [0.1, 0.15) is 73.1 Å². The molecule has 0 aromatic heterocycles. The van der Waals surface area contributed by atoms with E-state index in [1.807, 2.05) is 13.0 Å². The Balaban J connectivity index is 2.13. The lowest BCUT2D eigenvalue weighted by molar-refractivity contribution is -0.0945. The molecule has 1 unspecified atom stereocenters. The van der Waals surface area contributed by atoms with Gasteiger partial charge in [-0.15, -0.1) is 0 Å². The van der Waals surface area contributed by atoms with E-state index in [9.17, 15) is 10.2 Å². The summed E-state index contributed by atoms with van der Waals surface area (Å²) in [6, 6.07) is 3.42. The number of rotatable bonds is 11. The Hall–Kier alpha value is -0.203. The third-order valence-corrected chi connectivity index (χ3v) is 11.6. The topological polar surface area (TPSA) is 58.9 Å². The van der Waals surface area contributed by atoms with Crippen molar-refractivity contribution in [2.45, 2.75) is 115 Å². The van der Waals surface area contributed by atoms with Crippen molar-refractivity contribution in [2.75, 3.05) is 0 Å². The fourth-order valence-electron chi connectivity index (χ4n) is 4.89. The summed E-state index contributed by atoms with van der Waals surface area (Å²) in [6.45, 7) is 10.9. The molecule has 0 aromatic carbocycles. The molecular formula is C22H42O4Si. The smallest absolute Gasteiger partial charge is 0.192 e. The molecule has 1 saturated heterocycles. The van der Waals surface area contributed by atoms with Gasteiger partial charge in [-0.25, -0.2) is 0 Å². The lowest BCUT2D eigenvalue weighted by atomic mass is 9.89. The molecule has 0 radical (unpaired) electrons. The second kappa shape index (κ2) is 10.0. The Morgan fingerprint density at radius 3 is 2.37 bits per heavy atom. The van der Waals surface area contributed by atoms with Crippen molar-refractivity contribution in [1.29, 1.82) is 0 Å². The monoisotopic (exact) mass is 398 g/mol. The summed E-state index contributed by atoms with van der Waals surface area (Å²) in [5.74, 6) is 0.520. The molecule has 2 rings (SSSR count). The van der Waals surface area contributed by atoms with Crippen molar-refractivity contribution in [3.63, 3.8) is 0 Å². The summed E-state index contributed by atoms with van der Waals surface area (Å²) >= 11 is 0. The fourth-order valence-corrected chi connectivity index (χ4v) is 7.78. The number of hydrogen-bond acceptors (Lipinski definition) is 4. The van der Waals surface area contributed by atoms with E-state index < -0.39 is 20.2 Å². The maximum atomic E-state index is 10.8. The first-order valence-corrected chi connectivity index (χ1v) is 13.8. The van der Waals surface area contributed by atoms with Gasteiger partial charge in [-0.3, -0.25) is 0 Å². The van der Waals surface area contributed by atoms with E-state index >= 15 is 0 Å². The Kier molecular flexibility index (Phi) is 8.56. The predicted molar refractivity (Wildman–Crippen MR) is 113 cm³/mol. The number of fused-ring (bicyclic) bond motifs is 1. The number of unbranched alkanes of at least 4 members (excludes halogenated alkanes) is 2. The summed E-state index contributed by atoms with van der Waals surface area (Å²) in [6.07, 6.45) is 9.46. The summed E-state index contributed by atoms with van der Waals surface area (Å²) in [4.78, 5) is 0. The standard InChI is InChI=1S/C22H42O4Si/c1-6-10-11-13-22(5,24)14-12-17-18-15-21(23)25-19(18)16-20(17)26-27(7-2,8-3)9-4/h12,14,17-21,23-24H,6-11,13,15-16H2,1-5H3/t17-,18-,19+,20-,21?,22+/m1/s1. The molecule has 2 aliphatic rings. The summed E-state index contributed by atoms with van der Waals surface area (Å²) < 4.78 is 12.6. The molecule has 4 nitrogen and oxygen atoms in total. The van der Waals surface area contributed by atoms with Gasteiger partial charge in [-0.05, 0) is 43.8 Å². The molecule has 158 valence electrons. The largest absolute Gasteiger partial charge is 0.413 e. The van der Waals surface area contributed by atoms with Crippen LogP contribution in [-0.2, 0) is 9.16 Å². The van der Waals surface area contributed by atoms with Crippen LogP contribution in [0.15, 0.2) is 12.2 Å². The SMILES string of the molecule is CCCCC[C@](C)(O)C=C[C@@H]1[C@H]2CC(O)O[C@H]2C[C@H]1O[Si](CC)(CC)CC. The molecule has 0 aromatic rings. The number of aliphatic hydroxyl groups is 2. The third-order valence-electron chi connectivity index (χ3n) is 6.97. The van der Waals surface area contributed by atoms with Gasteiger partial charge in [0.25, 0.3) is 0 Å². The van der Waals surface area contributed by atoms with Gasteiger partial charge in [0.05, 0.1) is 17.8 Å². The van der Waals surface area contributed by atoms with E-state index in [1.165, 1.54) is 0 Å². The van der Waals surface area contributed by atoms with Crippen LogP contribution >= 0.6 is 0 Å². The van der Waals surface area contributed by atoms with Crippen LogP contribution in [0.3, 0.4) is 0 Å². The van der Waals surface area contributed by atoms with E-state index in [2.05, 4.69) is 33.8 Å². The molecule has 5 heteroatoms. The molecule has 1 saturated carbocycles. The van der Waals surface area contributed by atoms with E-state index in [1.54, 1.807) is 0 Å². The average molecular weight is 399 g/mol. The molecule has 6 atom stereocenters. The maximum absolute atomic E-state index is 10.8. The van der Waals surface area contributed by atoms with Gasteiger partial charge in [-0.1, -0.05) is 59.1 Å². The van der Waals surface area contributed by atoms with Gasteiger partial charge in [0.15, 0.2) is 14.6 Å². The van der Waals surface area contributed by atoms with Gasteiger partial charge in [0.1, 0.15) is 0 Å². The highest BCUT2D eigenvalue weighted by molar-refractivity contribution is 6.73. The second-order valence-electron chi connectivity index (χ2n) is 8.92. The van der Waals surface area contributed by atoms with Crippen molar-refractivity contribution < 1.29 is 19.4 Å². The van der Waals surface area contributed by atoms with Crippen LogP contribution in [0.2, 0.25) is 18.1 Å². The van der Waals surface area contributed by atoms with Crippen molar-refractivity contribution in [3.8, 4) is 0 Å². The minimum Gasteiger partial charge on any atom is -0.413 e. The van der Waals surface area contributed by atoms with E-state index in [4.69, 9.17) is 9.16 Å². The minimum absolute atomic E-state index is 0.0851. The number of hydrogen-bond donors (Lipinski definition) is 2. The first-order chi connectivity index (χ1) is 12.8. The zero-order chi connectivity index (χ0) is 20.1. The van der Waals surface area contributed by atoms with Gasteiger partial charge in [0, 0.05) is 12.3 Å². The second-order valence-corrected chi connectivity index (χ2v) is 13.6. The molecule has 0 bridgehead atoms. The Labute approximate surface area is 167 Å². The molecule has 1 heterocycles. The minimum atomic E-state index is -1.70. The molecular weight excluding hydrogens is 356 g/mol. The van der Waals surface area contributed by atoms with Gasteiger partial charge in [0.2, 0.25) is 0 Å².